The van der Waals surface area contributed by atoms with E-state index in [9.17, 15) is 13.2 Å². The Hall–Kier alpha value is -1.34. The number of hydrogen-bond donors (Lipinski definition) is 1. The third-order valence-corrected chi connectivity index (χ3v) is 6.63. The highest BCUT2D eigenvalue weighted by atomic mass is 32.2. The zero-order chi connectivity index (χ0) is 16.8. The lowest BCUT2D eigenvalue weighted by Crippen LogP contribution is -2.37. The summed E-state index contributed by atoms with van der Waals surface area (Å²) in [6, 6.07) is 0.0258. The number of piperidine rings is 1. The first-order valence-electron chi connectivity index (χ1n) is 8.30. The average Bonchev–Trinajstić information content (AvgIpc) is 3.29. The second kappa shape index (κ2) is 5.94. The van der Waals surface area contributed by atoms with E-state index >= 15 is 0 Å². The molecule has 2 aliphatic rings. The lowest BCUT2D eigenvalue weighted by molar-refractivity contribution is 0.0719. The molecule has 0 aromatic carbocycles. The van der Waals surface area contributed by atoms with Crippen LogP contribution in [-0.4, -0.2) is 42.9 Å². The molecular formula is C16H25N3O3S. The molecule has 1 aromatic rings. The van der Waals surface area contributed by atoms with Crippen LogP contribution < -0.4 is 4.72 Å². The molecule has 1 amide bonds. The van der Waals surface area contributed by atoms with Gasteiger partial charge in [-0.3, -0.25) is 4.79 Å². The van der Waals surface area contributed by atoms with Crippen molar-refractivity contribution >= 4 is 15.9 Å². The fourth-order valence-electron chi connectivity index (χ4n) is 3.23. The lowest BCUT2D eigenvalue weighted by atomic mass is 10.1. The van der Waals surface area contributed by atoms with Crippen LogP contribution >= 0.6 is 0 Å². The number of carbonyl (C=O) groups is 1. The minimum Gasteiger partial charge on any atom is -0.350 e. The monoisotopic (exact) mass is 339 g/mol. The Balaban J connectivity index is 2.04. The van der Waals surface area contributed by atoms with Gasteiger partial charge in [0, 0.05) is 37.6 Å². The highest BCUT2D eigenvalue weighted by Gasteiger charge is 2.36. The molecule has 0 atom stereocenters. The van der Waals surface area contributed by atoms with Gasteiger partial charge in [-0.1, -0.05) is 0 Å². The molecule has 1 saturated carbocycles. The molecule has 0 unspecified atom stereocenters. The van der Waals surface area contributed by atoms with Crippen LogP contribution in [0.15, 0.2) is 4.90 Å². The summed E-state index contributed by atoms with van der Waals surface area (Å²) in [6.07, 6.45) is 4.85. The van der Waals surface area contributed by atoms with Gasteiger partial charge in [0.15, 0.2) is 0 Å². The van der Waals surface area contributed by atoms with Crippen molar-refractivity contribution in [3.8, 4) is 0 Å². The highest BCUT2D eigenvalue weighted by molar-refractivity contribution is 7.89. The second-order valence-electron chi connectivity index (χ2n) is 6.68. The minimum atomic E-state index is -3.66. The Morgan fingerprint density at radius 2 is 1.70 bits per heavy atom. The largest absolute Gasteiger partial charge is 0.350 e. The zero-order valence-electron chi connectivity index (χ0n) is 14.1. The number of likely N-dealkylation sites (tertiary alicyclic amines) is 1. The molecule has 1 saturated heterocycles. The quantitative estimate of drug-likeness (QED) is 0.908. The molecule has 1 aliphatic carbocycles. The van der Waals surface area contributed by atoms with E-state index < -0.39 is 10.0 Å². The van der Waals surface area contributed by atoms with Crippen LogP contribution in [0.4, 0.5) is 0 Å². The van der Waals surface area contributed by atoms with Crippen LogP contribution in [0, 0.1) is 13.8 Å². The van der Waals surface area contributed by atoms with Crippen LogP contribution in [-0.2, 0) is 17.1 Å². The van der Waals surface area contributed by atoms with Crippen molar-refractivity contribution in [2.75, 3.05) is 13.1 Å². The number of amides is 1. The van der Waals surface area contributed by atoms with Crippen molar-refractivity contribution in [2.24, 2.45) is 7.05 Å². The molecule has 128 valence electrons. The number of rotatable bonds is 4. The van der Waals surface area contributed by atoms with Crippen molar-refractivity contribution in [1.82, 2.24) is 14.2 Å². The average molecular weight is 339 g/mol. The molecule has 1 aromatic heterocycles. The molecule has 1 N–H and O–H groups in total. The maximum absolute atomic E-state index is 13.0. The van der Waals surface area contributed by atoms with E-state index in [1.54, 1.807) is 16.4 Å². The summed E-state index contributed by atoms with van der Waals surface area (Å²) >= 11 is 0. The molecule has 3 rings (SSSR count). The van der Waals surface area contributed by atoms with Crippen LogP contribution in [0.2, 0.25) is 0 Å². The Bertz CT molecular complexity index is 726. The number of nitrogens with one attached hydrogen (secondary N) is 1. The predicted octanol–water partition coefficient (Wildman–Crippen LogP) is 1.71. The van der Waals surface area contributed by atoms with E-state index in [-0.39, 0.29) is 16.8 Å². The van der Waals surface area contributed by atoms with Crippen molar-refractivity contribution in [3.05, 3.63) is 17.0 Å². The van der Waals surface area contributed by atoms with Gasteiger partial charge in [-0.25, -0.2) is 13.1 Å². The molecule has 2 heterocycles. The molecule has 0 bridgehead atoms. The molecule has 6 nitrogen and oxygen atoms in total. The lowest BCUT2D eigenvalue weighted by Gasteiger charge is -2.27. The molecule has 0 spiro atoms. The van der Waals surface area contributed by atoms with Gasteiger partial charge in [0.05, 0.1) is 5.56 Å². The SMILES string of the molecule is Cc1c(C(=O)N2CCCCC2)c(S(=O)(=O)NC2CC2)c(C)n1C. The van der Waals surface area contributed by atoms with Gasteiger partial charge in [0.2, 0.25) is 10.0 Å². The summed E-state index contributed by atoms with van der Waals surface area (Å²) < 4.78 is 30.1. The van der Waals surface area contributed by atoms with Gasteiger partial charge in [-0.05, 0) is 46.0 Å². The van der Waals surface area contributed by atoms with Gasteiger partial charge < -0.3 is 9.47 Å². The van der Waals surface area contributed by atoms with Crippen LogP contribution in [0.3, 0.4) is 0 Å². The Kier molecular flexibility index (Phi) is 4.27. The van der Waals surface area contributed by atoms with E-state index in [1.807, 2.05) is 14.0 Å². The normalized spacial score (nSPS) is 19.2. The second-order valence-corrected chi connectivity index (χ2v) is 8.33. The number of carbonyl (C=O) groups excluding carboxylic acids is 1. The van der Waals surface area contributed by atoms with Gasteiger partial charge in [0.1, 0.15) is 4.90 Å². The summed E-state index contributed by atoms with van der Waals surface area (Å²) in [5.74, 6) is -0.151. The molecule has 7 heteroatoms. The van der Waals surface area contributed by atoms with Crippen LogP contribution in [0.25, 0.3) is 0 Å². The smallest absolute Gasteiger partial charge is 0.257 e. The van der Waals surface area contributed by atoms with E-state index in [0.29, 0.717) is 30.0 Å². The number of aromatic nitrogens is 1. The molecule has 0 radical (unpaired) electrons. The van der Waals surface area contributed by atoms with Gasteiger partial charge in [-0.15, -0.1) is 0 Å². The first-order valence-corrected chi connectivity index (χ1v) is 9.78. The van der Waals surface area contributed by atoms with Crippen molar-refractivity contribution in [1.29, 1.82) is 0 Å². The molecule has 2 fully saturated rings. The van der Waals surface area contributed by atoms with Crippen LogP contribution in [0.1, 0.15) is 53.8 Å². The number of nitrogens with zero attached hydrogens (tertiary/aromatic N) is 2. The summed E-state index contributed by atoms with van der Waals surface area (Å²) in [4.78, 5) is 14.9. The maximum Gasteiger partial charge on any atom is 0.257 e. The van der Waals surface area contributed by atoms with Crippen molar-refractivity contribution in [2.45, 2.75) is 56.9 Å². The Labute approximate surface area is 137 Å². The van der Waals surface area contributed by atoms with E-state index in [0.717, 1.165) is 32.1 Å². The standard InChI is InChI=1S/C16H25N3O3S/c1-11-14(16(20)19-9-5-4-6-10-19)15(12(2)18(11)3)23(21,22)17-13-7-8-13/h13,17H,4-10H2,1-3H3. The number of hydrogen-bond acceptors (Lipinski definition) is 3. The third kappa shape index (κ3) is 3.04. The fourth-order valence-corrected chi connectivity index (χ4v) is 5.05. The number of sulfonamides is 1. The summed E-state index contributed by atoms with van der Waals surface area (Å²) in [6.45, 7) is 5.01. The van der Waals surface area contributed by atoms with E-state index in [2.05, 4.69) is 4.72 Å². The molecule has 1 aliphatic heterocycles. The fraction of sp³-hybridized carbons (Fsp3) is 0.688. The zero-order valence-corrected chi connectivity index (χ0v) is 14.9. The first-order chi connectivity index (χ1) is 10.8. The van der Waals surface area contributed by atoms with Crippen molar-refractivity contribution < 1.29 is 13.2 Å². The Morgan fingerprint density at radius 1 is 1.09 bits per heavy atom. The summed E-state index contributed by atoms with van der Waals surface area (Å²) in [5, 5.41) is 0. The summed E-state index contributed by atoms with van der Waals surface area (Å²) in [7, 11) is -1.85. The molecular weight excluding hydrogens is 314 g/mol. The summed E-state index contributed by atoms with van der Waals surface area (Å²) in [5.41, 5.74) is 1.69. The highest BCUT2D eigenvalue weighted by Crippen LogP contribution is 2.30. The van der Waals surface area contributed by atoms with Gasteiger partial charge >= 0.3 is 0 Å². The predicted molar refractivity (Wildman–Crippen MR) is 88.0 cm³/mol. The minimum absolute atomic E-state index is 0.0258. The third-order valence-electron chi connectivity index (χ3n) is 4.95. The van der Waals surface area contributed by atoms with Crippen LogP contribution in [0.5, 0.6) is 0 Å². The van der Waals surface area contributed by atoms with Crippen molar-refractivity contribution in [3.63, 3.8) is 0 Å². The maximum atomic E-state index is 13.0. The van der Waals surface area contributed by atoms with Gasteiger partial charge in [-0.2, -0.15) is 0 Å². The van der Waals surface area contributed by atoms with E-state index in [4.69, 9.17) is 0 Å². The topological polar surface area (TPSA) is 71.4 Å². The van der Waals surface area contributed by atoms with Gasteiger partial charge in [0.25, 0.3) is 5.91 Å². The van der Waals surface area contributed by atoms with E-state index in [1.165, 1.54) is 0 Å². The Morgan fingerprint density at radius 3 is 2.26 bits per heavy atom. The molecule has 23 heavy (non-hydrogen) atoms. The first kappa shape index (κ1) is 16.5.